The summed E-state index contributed by atoms with van der Waals surface area (Å²) in [7, 11) is 0. The maximum atomic E-state index is 11.1. The molecule has 232 valence electrons. The molecule has 6 nitrogen and oxygen atoms in total. The zero-order chi connectivity index (χ0) is 32.8. The molecule has 0 unspecified atom stereocenters. The van der Waals surface area contributed by atoms with Crippen molar-refractivity contribution in [2.75, 3.05) is 0 Å². The maximum Gasteiger partial charge on any atom is 0.208 e. The van der Waals surface area contributed by atoms with Gasteiger partial charge < -0.3 is 29.9 Å². The SMILES string of the molecule is C/C=C\C(=C/CC)c1oc2ccc(-c3ccccc3)cc2c1-c1c2ccccc2c(-c2c(O)c(O)c(O)c(O)c2O)c2ccccc12. The van der Waals surface area contributed by atoms with E-state index in [1.165, 1.54) is 0 Å². The van der Waals surface area contributed by atoms with Crippen LogP contribution >= 0.6 is 0 Å². The van der Waals surface area contributed by atoms with Gasteiger partial charge in [0.25, 0.3) is 0 Å². The normalized spacial score (nSPS) is 12.2. The Kier molecular flexibility index (Phi) is 7.33. The predicted molar refractivity (Wildman–Crippen MR) is 189 cm³/mol. The first kappa shape index (κ1) is 29.6. The first-order chi connectivity index (χ1) is 22.8. The molecule has 0 atom stereocenters. The van der Waals surface area contributed by atoms with Gasteiger partial charge in [-0.3, -0.25) is 0 Å². The van der Waals surface area contributed by atoms with E-state index in [1.54, 1.807) is 0 Å². The lowest BCUT2D eigenvalue weighted by Crippen LogP contribution is -1.93. The van der Waals surface area contributed by atoms with Crippen molar-refractivity contribution < 1.29 is 29.9 Å². The van der Waals surface area contributed by atoms with E-state index in [2.05, 4.69) is 37.3 Å². The summed E-state index contributed by atoms with van der Waals surface area (Å²) in [6, 6.07) is 31.6. The van der Waals surface area contributed by atoms with Crippen molar-refractivity contribution in [2.45, 2.75) is 20.3 Å². The lowest BCUT2D eigenvalue weighted by Gasteiger charge is -2.20. The van der Waals surface area contributed by atoms with Crippen LogP contribution < -0.4 is 0 Å². The molecular weight excluding hydrogens is 588 g/mol. The van der Waals surface area contributed by atoms with E-state index in [1.807, 2.05) is 91.9 Å². The number of hydrogen-bond acceptors (Lipinski definition) is 6. The van der Waals surface area contributed by atoms with Crippen LogP contribution in [0.15, 0.2) is 120 Å². The summed E-state index contributed by atoms with van der Waals surface area (Å²) < 4.78 is 6.71. The van der Waals surface area contributed by atoms with E-state index in [0.717, 1.165) is 56.0 Å². The van der Waals surface area contributed by atoms with Gasteiger partial charge in [-0.25, -0.2) is 0 Å². The predicted octanol–water partition coefficient (Wildman–Crippen LogP) is 10.6. The molecule has 1 heterocycles. The number of hydrogen-bond donors (Lipinski definition) is 5. The van der Waals surface area contributed by atoms with Gasteiger partial charge in [0.2, 0.25) is 17.2 Å². The van der Waals surface area contributed by atoms with Crippen LogP contribution in [-0.4, -0.2) is 25.5 Å². The molecule has 0 bridgehead atoms. The fourth-order valence-corrected chi connectivity index (χ4v) is 6.58. The first-order valence-electron chi connectivity index (χ1n) is 15.4. The van der Waals surface area contributed by atoms with Gasteiger partial charge in [-0.1, -0.05) is 110 Å². The Morgan fingerprint density at radius 1 is 0.553 bits per heavy atom. The van der Waals surface area contributed by atoms with Crippen LogP contribution in [-0.2, 0) is 0 Å². The van der Waals surface area contributed by atoms with Crippen LogP contribution in [0.2, 0.25) is 0 Å². The Morgan fingerprint density at radius 2 is 1.06 bits per heavy atom. The van der Waals surface area contributed by atoms with Crippen molar-refractivity contribution in [1.29, 1.82) is 0 Å². The number of rotatable bonds is 6. The second kappa shape index (κ2) is 11.7. The van der Waals surface area contributed by atoms with Crippen LogP contribution in [0.3, 0.4) is 0 Å². The van der Waals surface area contributed by atoms with Gasteiger partial charge in [-0.15, -0.1) is 0 Å². The molecule has 6 aromatic carbocycles. The third kappa shape index (κ3) is 4.65. The summed E-state index contributed by atoms with van der Waals surface area (Å²) >= 11 is 0. The van der Waals surface area contributed by atoms with Gasteiger partial charge in [-0.05, 0) is 58.1 Å². The van der Waals surface area contributed by atoms with Gasteiger partial charge in [-0.2, -0.15) is 0 Å². The van der Waals surface area contributed by atoms with Crippen molar-refractivity contribution in [2.24, 2.45) is 0 Å². The van der Waals surface area contributed by atoms with Crippen molar-refractivity contribution in [3.8, 4) is 62.1 Å². The fraction of sp³-hybridized carbons (Fsp3) is 0.0732. The third-order valence-electron chi connectivity index (χ3n) is 8.63. The molecule has 6 heteroatoms. The first-order valence-corrected chi connectivity index (χ1v) is 15.4. The second-order valence-electron chi connectivity index (χ2n) is 11.4. The Hall–Kier alpha value is -6.14. The molecule has 0 amide bonds. The van der Waals surface area contributed by atoms with E-state index in [4.69, 9.17) is 4.42 Å². The van der Waals surface area contributed by atoms with E-state index in [-0.39, 0.29) is 5.56 Å². The largest absolute Gasteiger partial charge is 0.504 e. The average molecular weight is 621 g/mol. The van der Waals surface area contributed by atoms with Crippen molar-refractivity contribution >= 4 is 38.1 Å². The smallest absolute Gasteiger partial charge is 0.208 e. The molecule has 0 spiro atoms. The summed E-state index contributed by atoms with van der Waals surface area (Å²) in [5.41, 5.74) is 5.73. The quantitative estimate of drug-likeness (QED) is 0.0547. The number of allylic oxidation sites excluding steroid dienone is 4. The molecule has 7 aromatic rings. The average Bonchev–Trinajstić information content (AvgIpc) is 3.48. The van der Waals surface area contributed by atoms with Crippen LogP contribution in [0.4, 0.5) is 0 Å². The molecule has 0 fully saturated rings. The topological polar surface area (TPSA) is 114 Å². The van der Waals surface area contributed by atoms with Gasteiger partial charge in [0.15, 0.2) is 11.5 Å². The lowest BCUT2D eigenvalue weighted by molar-refractivity contribution is 0.330. The van der Waals surface area contributed by atoms with Crippen LogP contribution in [0.25, 0.3) is 71.5 Å². The van der Waals surface area contributed by atoms with E-state index in [0.29, 0.717) is 22.1 Å². The summed E-state index contributed by atoms with van der Waals surface area (Å²) in [6.45, 7) is 4.06. The molecule has 0 aliphatic rings. The summed E-state index contributed by atoms with van der Waals surface area (Å²) in [5, 5.41) is 57.3. The number of benzene rings is 6. The van der Waals surface area contributed by atoms with Crippen molar-refractivity contribution in [1.82, 2.24) is 0 Å². The Bertz CT molecular complexity index is 2310. The van der Waals surface area contributed by atoms with Gasteiger partial charge in [0, 0.05) is 27.6 Å². The molecule has 0 aliphatic carbocycles. The molecule has 0 saturated carbocycles. The highest BCUT2D eigenvalue weighted by Gasteiger charge is 2.29. The molecule has 0 aliphatic heterocycles. The van der Waals surface area contributed by atoms with Crippen molar-refractivity contribution in [3.05, 3.63) is 121 Å². The van der Waals surface area contributed by atoms with Gasteiger partial charge >= 0.3 is 0 Å². The number of phenolic OH excluding ortho intramolecular Hbond substituents is 5. The molecular formula is C41H32O6. The molecule has 1 aromatic heterocycles. The lowest BCUT2D eigenvalue weighted by atomic mass is 9.83. The highest BCUT2D eigenvalue weighted by molar-refractivity contribution is 6.25. The Balaban J connectivity index is 1.69. The minimum Gasteiger partial charge on any atom is -0.504 e. The molecule has 7 rings (SSSR count). The van der Waals surface area contributed by atoms with E-state index >= 15 is 0 Å². The monoisotopic (exact) mass is 620 g/mol. The number of phenols is 5. The third-order valence-corrected chi connectivity index (χ3v) is 8.63. The highest BCUT2D eigenvalue weighted by atomic mass is 16.4. The molecule has 47 heavy (non-hydrogen) atoms. The zero-order valence-electron chi connectivity index (χ0n) is 25.8. The minimum atomic E-state index is -1.00. The summed E-state index contributed by atoms with van der Waals surface area (Å²) in [5.74, 6) is -3.64. The molecule has 0 saturated heterocycles. The molecule has 5 N–H and O–H groups in total. The minimum absolute atomic E-state index is 0.194. The van der Waals surface area contributed by atoms with E-state index < -0.39 is 28.7 Å². The van der Waals surface area contributed by atoms with Crippen molar-refractivity contribution in [3.63, 3.8) is 0 Å². The van der Waals surface area contributed by atoms with Crippen LogP contribution in [0, 0.1) is 0 Å². The fourth-order valence-electron chi connectivity index (χ4n) is 6.58. The summed E-state index contributed by atoms with van der Waals surface area (Å²) in [4.78, 5) is 0. The maximum absolute atomic E-state index is 11.1. The van der Waals surface area contributed by atoms with Crippen LogP contribution in [0.1, 0.15) is 26.0 Å². The molecule has 0 radical (unpaired) electrons. The number of fused-ring (bicyclic) bond motifs is 3. The van der Waals surface area contributed by atoms with Gasteiger partial charge in [0.1, 0.15) is 11.3 Å². The van der Waals surface area contributed by atoms with Crippen LogP contribution in [0.5, 0.6) is 28.7 Å². The standard InChI is InChI=1S/C41H32O6/c1-3-12-24(13-4-2)41-34(30-22-25(20-21-31(30)47-41)23-14-6-5-7-15-23)32-26-16-8-10-18-28(26)33(29-19-11-9-17-27(29)32)35-36(42)38(44)40(46)39(45)37(35)43/h3,5-22,42-46H,4H2,1-2H3/b12-3-,24-13+. The highest BCUT2D eigenvalue weighted by Crippen LogP contribution is 2.58. The van der Waals surface area contributed by atoms with E-state index in [9.17, 15) is 25.5 Å². The Morgan fingerprint density at radius 3 is 1.60 bits per heavy atom. The zero-order valence-corrected chi connectivity index (χ0v) is 25.8. The summed E-state index contributed by atoms with van der Waals surface area (Å²) in [6.07, 6.45) is 6.95. The second-order valence-corrected chi connectivity index (χ2v) is 11.4. The number of aromatic hydroxyl groups is 5. The Labute approximate surface area is 271 Å². The van der Waals surface area contributed by atoms with Gasteiger partial charge in [0.05, 0.1) is 5.56 Å². The number of furan rings is 1.